The minimum atomic E-state index is 1.58. The fourth-order valence-corrected chi connectivity index (χ4v) is 0. The first-order chi connectivity index (χ1) is 1.73. The lowest BCUT2D eigenvalue weighted by atomic mass is 11.3. The maximum Gasteiger partial charge on any atom is -0.0363 e. The maximum absolute atomic E-state index is 4.45. The Hall–Kier alpha value is 0.310. The smallest absolute Gasteiger partial charge is 0.0363 e. The zero-order chi connectivity index (χ0) is 3.58. The highest BCUT2D eigenvalue weighted by molar-refractivity contribution is 7.55. The van der Waals surface area contributed by atoms with Gasteiger partial charge in [0.2, 0.25) is 0 Å². The van der Waals surface area contributed by atoms with Gasteiger partial charge in [0.1, 0.15) is 0 Å². The van der Waals surface area contributed by atoms with E-state index in [9.17, 15) is 0 Å². The van der Waals surface area contributed by atoms with Crippen LogP contribution in [0.15, 0.2) is 0 Å². The fourth-order valence-electron chi connectivity index (χ4n) is 0. The molecule has 0 amide bonds. The molecule has 26 valence electrons. The van der Waals surface area contributed by atoms with Crippen LogP contribution < -0.4 is 0 Å². The van der Waals surface area contributed by atoms with Crippen LogP contribution in [0.1, 0.15) is 0 Å². The Kier molecular flexibility index (Phi) is 1.74. The van der Waals surface area contributed by atoms with E-state index < -0.39 is 0 Å². The Labute approximate surface area is 32.2 Å². The molecule has 4 heavy (non-hydrogen) atoms. The molecule has 0 N–H and O–H groups in total. The zero-order valence-electron chi connectivity index (χ0n) is 2.86. The van der Waals surface area contributed by atoms with Crippen molar-refractivity contribution in [2.75, 3.05) is 14.1 Å². The molecule has 2 heteroatoms. The maximum atomic E-state index is 4.45. The monoisotopic (exact) mass is 76.0 g/mol. The number of nitrogens with zero attached hydrogens (tertiary/aromatic N) is 1. The molecule has 1 nitrogen and oxygen atoms in total. The van der Waals surface area contributed by atoms with Gasteiger partial charge in [0.25, 0.3) is 0 Å². The second-order valence-corrected chi connectivity index (χ2v) is 1.54. The minimum Gasteiger partial charge on any atom is -0.702 e. The van der Waals surface area contributed by atoms with Crippen LogP contribution in [0.25, 0.3) is 0 Å². The molecule has 0 aromatic carbocycles. The molecule has 0 heterocycles. The summed E-state index contributed by atoms with van der Waals surface area (Å²) in [5.74, 6) is 0. The van der Waals surface area contributed by atoms with Gasteiger partial charge in [-0.3, -0.25) is 0 Å². The van der Waals surface area contributed by atoms with Gasteiger partial charge in [-0.1, -0.05) is 0 Å². The van der Waals surface area contributed by atoms with Crippen molar-refractivity contribution in [3.8, 4) is 0 Å². The van der Waals surface area contributed by atoms with Crippen LogP contribution in [-0.4, -0.2) is 18.4 Å². The largest absolute Gasteiger partial charge is 0.702 e. The molecule has 0 fully saturated rings. The van der Waals surface area contributed by atoms with Crippen molar-refractivity contribution in [1.82, 2.24) is 4.31 Å². The molecule has 0 spiro atoms. The highest BCUT2D eigenvalue weighted by Gasteiger charge is 1.41. The lowest BCUT2D eigenvalue weighted by Crippen LogP contribution is -1.96. The molecule has 0 bridgehead atoms. The Morgan fingerprint density at radius 3 is 1.50 bits per heavy atom. The van der Waals surface area contributed by atoms with E-state index in [0.29, 0.717) is 0 Å². The normalized spacial score (nSPS) is 9.00. The highest BCUT2D eigenvalue weighted by atomic mass is 32.1. The van der Waals surface area contributed by atoms with E-state index >= 15 is 0 Å². The van der Waals surface area contributed by atoms with Crippen LogP contribution in [-0.2, 0) is 12.8 Å². The highest BCUT2D eigenvalue weighted by Crippen LogP contribution is 1.51. The van der Waals surface area contributed by atoms with Gasteiger partial charge in [-0.15, -0.1) is 0 Å². The van der Waals surface area contributed by atoms with Gasteiger partial charge in [0.15, 0.2) is 0 Å². The Morgan fingerprint density at radius 2 is 1.50 bits per heavy atom. The van der Waals surface area contributed by atoms with Gasteiger partial charge in [0.05, 0.1) is 0 Å². The molecule has 0 radical (unpaired) electrons. The summed E-state index contributed by atoms with van der Waals surface area (Å²) in [7, 11) is 3.63. The summed E-state index contributed by atoms with van der Waals surface area (Å²) in [6.07, 6.45) is 0. The Morgan fingerprint density at radius 1 is 1.50 bits per heavy atom. The summed E-state index contributed by atoms with van der Waals surface area (Å²) in [4.78, 5) is 0. The van der Waals surface area contributed by atoms with Crippen molar-refractivity contribution in [1.29, 1.82) is 0 Å². The quantitative estimate of drug-likeness (QED) is 0.374. The molecule has 0 aliphatic rings. The second kappa shape index (κ2) is 1.61. The first-order valence-electron chi connectivity index (χ1n) is 1.08. The van der Waals surface area contributed by atoms with Crippen LogP contribution in [0.5, 0.6) is 0 Å². The van der Waals surface area contributed by atoms with Crippen LogP contribution in [0.3, 0.4) is 0 Å². The molecule has 0 aromatic heterocycles. The molecule has 0 aliphatic heterocycles. The van der Waals surface area contributed by atoms with Crippen LogP contribution >= 0.6 is 0 Å². The summed E-state index contributed by atoms with van der Waals surface area (Å²) >= 11 is 4.45. The lowest BCUT2D eigenvalue weighted by molar-refractivity contribution is 0.710. The molecule has 0 saturated heterocycles. The van der Waals surface area contributed by atoms with Crippen LogP contribution in [0.4, 0.5) is 0 Å². The van der Waals surface area contributed by atoms with Crippen molar-refractivity contribution in [3.63, 3.8) is 0 Å². The Balaban J connectivity index is 2.32. The molecular formula is C2H6NS-. The van der Waals surface area contributed by atoms with Crippen molar-refractivity contribution in [3.05, 3.63) is 0 Å². The molecule has 0 rings (SSSR count). The van der Waals surface area contributed by atoms with Gasteiger partial charge in [-0.05, 0) is 14.1 Å². The lowest BCUT2D eigenvalue weighted by Gasteiger charge is -2.12. The molecule has 0 aliphatic carbocycles. The van der Waals surface area contributed by atoms with Gasteiger partial charge in [0, 0.05) is 0 Å². The van der Waals surface area contributed by atoms with E-state index in [4.69, 9.17) is 0 Å². The topological polar surface area (TPSA) is 3.24 Å². The summed E-state index contributed by atoms with van der Waals surface area (Å²) in [6.45, 7) is 0. The van der Waals surface area contributed by atoms with E-state index in [1.54, 1.807) is 4.31 Å². The van der Waals surface area contributed by atoms with E-state index in [2.05, 4.69) is 12.8 Å². The van der Waals surface area contributed by atoms with Gasteiger partial charge in [-0.2, -0.15) is 0 Å². The molecule has 0 aromatic rings. The van der Waals surface area contributed by atoms with Crippen LogP contribution in [0, 0.1) is 0 Å². The third kappa shape index (κ3) is 41.3. The average Bonchev–Trinajstić information content (AvgIpc) is 0.811. The second-order valence-electron chi connectivity index (χ2n) is 0.812. The molecule has 0 unspecified atom stereocenters. The number of hydrogen-bond acceptors (Lipinski definition) is 2. The van der Waals surface area contributed by atoms with Crippen molar-refractivity contribution >= 4 is 12.8 Å². The Bertz CT molecular complexity index is 10.8. The number of hydrogen-bond donors (Lipinski definition) is 0. The first kappa shape index (κ1) is 4.31. The van der Waals surface area contributed by atoms with Crippen molar-refractivity contribution in [2.24, 2.45) is 0 Å². The van der Waals surface area contributed by atoms with Gasteiger partial charge in [-0.25, -0.2) is 0 Å². The third-order valence-corrected chi connectivity index (χ3v) is 0. The molecule has 0 atom stereocenters. The van der Waals surface area contributed by atoms with E-state index in [1.165, 1.54) is 0 Å². The standard InChI is InChI=1S/C2H6NS/c1-3(2)4/h1-2H3/q-1. The fraction of sp³-hybridized carbons (Fsp3) is 1.00. The van der Waals surface area contributed by atoms with Gasteiger partial charge < -0.3 is 17.1 Å². The zero-order valence-corrected chi connectivity index (χ0v) is 3.67. The van der Waals surface area contributed by atoms with Crippen molar-refractivity contribution < 1.29 is 0 Å². The minimum absolute atomic E-state index is 1.58. The molecular weight excluding hydrogens is 70.1 g/mol. The first-order valence-corrected chi connectivity index (χ1v) is 1.44. The van der Waals surface area contributed by atoms with Crippen molar-refractivity contribution in [2.45, 2.75) is 0 Å². The molecule has 0 saturated carbocycles. The number of rotatable bonds is 0. The summed E-state index contributed by atoms with van der Waals surface area (Å²) < 4.78 is 1.58. The summed E-state index contributed by atoms with van der Waals surface area (Å²) in [5.41, 5.74) is 0. The average molecular weight is 76.1 g/mol. The predicted molar refractivity (Wildman–Crippen MR) is 21.1 cm³/mol. The summed E-state index contributed by atoms with van der Waals surface area (Å²) in [5, 5.41) is 0. The predicted octanol–water partition coefficient (Wildman–Crippen LogP) is 0.00990. The van der Waals surface area contributed by atoms with Gasteiger partial charge >= 0.3 is 0 Å². The SMILES string of the molecule is CN(C)[S-]. The summed E-state index contributed by atoms with van der Waals surface area (Å²) in [6, 6.07) is 0. The third-order valence-electron chi connectivity index (χ3n) is 0. The van der Waals surface area contributed by atoms with E-state index in [0.717, 1.165) is 0 Å². The van der Waals surface area contributed by atoms with E-state index in [1.807, 2.05) is 14.1 Å². The van der Waals surface area contributed by atoms with Crippen LogP contribution in [0.2, 0.25) is 0 Å². The van der Waals surface area contributed by atoms with E-state index in [-0.39, 0.29) is 0 Å².